The maximum absolute atomic E-state index is 11.8. The Morgan fingerprint density at radius 2 is 2.00 bits per heavy atom. The molecule has 2 aromatic heterocycles. The van der Waals surface area contributed by atoms with Crippen molar-refractivity contribution in [3.63, 3.8) is 0 Å². The van der Waals surface area contributed by atoms with Crippen LogP contribution in [0.5, 0.6) is 0 Å². The molecule has 0 saturated carbocycles. The summed E-state index contributed by atoms with van der Waals surface area (Å²) in [6, 6.07) is 0. The van der Waals surface area contributed by atoms with Gasteiger partial charge in [-0.3, -0.25) is 13.9 Å². The molecule has 0 unspecified atom stereocenters. The van der Waals surface area contributed by atoms with Crippen LogP contribution in [0.25, 0.3) is 11.2 Å². The molecule has 0 spiro atoms. The van der Waals surface area contributed by atoms with Crippen molar-refractivity contribution in [2.75, 3.05) is 0 Å². The third-order valence-electron chi connectivity index (χ3n) is 2.69. The van der Waals surface area contributed by atoms with Crippen LogP contribution in [-0.4, -0.2) is 19.1 Å². The van der Waals surface area contributed by atoms with Crippen molar-refractivity contribution in [3.05, 3.63) is 38.8 Å². The van der Waals surface area contributed by atoms with Crippen LogP contribution in [0.1, 0.15) is 12.7 Å². The van der Waals surface area contributed by atoms with Gasteiger partial charge in [0.2, 0.25) is 0 Å². The molecule has 0 atom stereocenters. The number of rotatable bonds is 2. The summed E-state index contributed by atoms with van der Waals surface area (Å²) >= 11 is 0. The van der Waals surface area contributed by atoms with E-state index in [0.29, 0.717) is 23.4 Å². The average Bonchev–Trinajstić information content (AvgIpc) is 2.75. The number of fused-ring (bicyclic) bond motifs is 1. The van der Waals surface area contributed by atoms with Crippen LogP contribution in [0, 0.1) is 0 Å². The predicted octanol–water partition coefficient (Wildman–Crippen LogP) is 0.0789. The van der Waals surface area contributed by atoms with Crippen LogP contribution >= 0.6 is 0 Å². The molecule has 1 N–H and O–H groups in total. The van der Waals surface area contributed by atoms with Crippen LogP contribution in [0.15, 0.2) is 21.7 Å². The van der Waals surface area contributed by atoms with Gasteiger partial charge in [-0.1, -0.05) is 12.2 Å². The Morgan fingerprint density at radius 3 is 2.65 bits per heavy atom. The molecular weight excluding hydrogens is 220 g/mol. The molecule has 0 aliphatic rings. The molecule has 0 aromatic carbocycles. The molecule has 90 valence electrons. The minimum absolute atomic E-state index is 0.345. The highest BCUT2D eigenvalue weighted by molar-refractivity contribution is 5.69. The van der Waals surface area contributed by atoms with Gasteiger partial charge in [-0.05, 0) is 6.92 Å². The van der Waals surface area contributed by atoms with E-state index in [-0.39, 0.29) is 11.2 Å². The van der Waals surface area contributed by atoms with Crippen molar-refractivity contribution >= 4 is 11.2 Å². The lowest BCUT2D eigenvalue weighted by atomic mass is 10.4. The van der Waals surface area contributed by atoms with Crippen molar-refractivity contribution < 1.29 is 0 Å². The number of aromatic amines is 1. The van der Waals surface area contributed by atoms with Gasteiger partial charge in [-0.2, -0.15) is 0 Å². The van der Waals surface area contributed by atoms with E-state index in [2.05, 4.69) is 9.97 Å². The van der Waals surface area contributed by atoms with Crippen LogP contribution in [-0.2, 0) is 20.5 Å². The largest absolute Gasteiger partial charge is 0.336 e. The molecule has 0 radical (unpaired) electrons. The highest BCUT2D eigenvalue weighted by Gasteiger charge is 2.12. The second-order valence-corrected chi connectivity index (χ2v) is 3.86. The zero-order chi connectivity index (χ0) is 12.6. The minimum Gasteiger partial charge on any atom is -0.336 e. The van der Waals surface area contributed by atoms with Gasteiger partial charge in [-0.25, -0.2) is 9.78 Å². The van der Waals surface area contributed by atoms with Crippen LogP contribution in [0.3, 0.4) is 0 Å². The number of imidazole rings is 1. The van der Waals surface area contributed by atoms with E-state index in [4.69, 9.17) is 0 Å². The Balaban J connectivity index is 2.77. The molecular formula is C11H14N4O2. The number of aromatic nitrogens is 4. The maximum atomic E-state index is 11.8. The number of nitrogens with zero attached hydrogens (tertiary/aromatic N) is 3. The molecule has 6 heteroatoms. The lowest BCUT2D eigenvalue weighted by Crippen LogP contribution is -2.36. The topological polar surface area (TPSA) is 72.7 Å². The second kappa shape index (κ2) is 4.04. The van der Waals surface area contributed by atoms with E-state index >= 15 is 0 Å². The smallest absolute Gasteiger partial charge is 0.332 e. The molecule has 6 nitrogen and oxygen atoms in total. The standard InChI is InChI=1S/C11H14N4O2/c1-4-5-6-7-12-8-9(13-7)14(2)11(17)15(3)10(8)16/h4-5H,6H2,1-3H3,(H,12,13)/b5-4+. The monoisotopic (exact) mass is 234 g/mol. The Labute approximate surface area is 97.2 Å². The summed E-state index contributed by atoms with van der Waals surface area (Å²) in [5, 5.41) is 0. The first kappa shape index (κ1) is 11.4. The lowest BCUT2D eigenvalue weighted by molar-refractivity contribution is 0.708. The Hall–Kier alpha value is -2.11. The van der Waals surface area contributed by atoms with Gasteiger partial charge >= 0.3 is 5.69 Å². The first-order valence-electron chi connectivity index (χ1n) is 5.32. The number of allylic oxidation sites excluding steroid dienone is 2. The second-order valence-electron chi connectivity index (χ2n) is 3.86. The molecule has 0 saturated heterocycles. The quantitative estimate of drug-likeness (QED) is 0.748. The van der Waals surface area contributed by atoms with Gasteiger partial charge in [0.05, 0.1) is 0 Å². The predicted molar refractivity (Wildman–Crippen MR) is 65.1 cm³/mol. The number of hydrogen-bond donors (Lipinski definition) is 1. The summed E-state index contributed by atoms with van der Waals surface area (Å²) in [7, 11) is 3.06. The third-order valence-corrected chi connectivity index (χ3v) is 2.69. The van der Waals surface area contributed by atoms with Gasteiger partial charge in [-0.15, -0.1) is 0 Å². The average molecular weight is 234 g/mol. The molecule has 2 aromatic rings. The first-order chi connectivity index (χ1) is 8.06. The van der Waals surface area contributed by atoms with E-state index in [9.17, 15) is 9.59 Å². The van der Waals surface area contributed by atoms with Crippen molar-refractivity contribution in [2.24, 2.45) is 14.1 Å². The Morgan fingerprint density at radius 1 is 1.29 bits per heavy atom. The summed E-state index contributed by atoms with van der Waals surface area (Å²) in [6.07, 6.45) is 4.45. The lowest BCUT2D eigenvalue weighted by Gasteiger charge is -2.00. The van der Waals surface area contributed by atoms with Crippen molar-refractivity contribution in [1.82, 2.24) is 19.1 Å². The molecule has 0 bridgehead atoms. The Kier molecular flexibility index (Phi) is 2.71. The van der Waals surface area contributed by atoms with Crippen LogP contribution in [0.2, 0.25) is 0 Å². The normalized spacial score (nSPS) is 11.7. The SMILES string of the molecule is C/C=C/Cc1nc2c([nH]1)c(=O)n(C)c(=O)n2C. The fourth-order valence-electron chi connectivity index (χ4n) is 1.70. The molecule has 0 fully saturated rings. The highest BCUT2D eigenvalue weighted by Crippen LogP contribution is 2.04. The minimum atomic E-state index is -0.369. The van der Waals surface area contributed by atoms with Crippen molar-refractivity contribution in [2.45, 2.75) is 13.3 Å². The van der Waals surface area contributed by atoms with Gasteiger partial charge < -0.3 is 4.98 Å². The molecule has 2 heterocycles. The van der Waals surface area contributed by atoms with E-state index in [1.54, 1.807) is 7.05 Å². The summed E-state index contributed by atoms with van der Waals surface area (Å²) in [4.78, 5) is 30.7. The highest BCUT2D eigenvalue weighted by atomic mass is 16.2. The van der Waals surface area contributed by atoms with Crippen molar-refractivity contribution in [3.8, 4) is 0 Å². The summed E-state index contributed by atoms with van der Waals surface area (Å²) in [5.41, 5.74) is 0.0561. The van der Waals surface area contributed by atoms with Gasteiger partial charge in [0.15, 0.2) is 5.65 Å². The van der Waals surface area contributed by atoms with Crippen molar-refractivity contribution in [1.29, 1.82) is 0 Å². The molecule has 0 aliphatic carbocycles. The van der Waals surface area contributed by atoms with Crippen LogP contribution in [0.4, 0.5) is 0 Å². The van der Waals surface area contributed by atoms with E-state index in [1.807, 2.05) is 19.1 Å². The van der Waals surface area contributed by atoms with E-state index in [1.165, 1.54) is 11.6 Å². The fraction of sp³-hybridized carbons (Fsp3) is 0.364. The number of nitrogens with one attached hydrogen (secondary N) is 1. The number of hydrogen-bond acceptors (Lipinski definition) is 3. The van der Waals surface area contributed by atoms with Gasteiger partial charge in [0.1, 0.15) is 11.3 Å². The molecule has 0 amide bonds. The van der Waals surface area contributed by atoms with E-state index < -0.39 is 0 Å². The van der Waals surface area contributed by atoms with Crippen LogP contribution < -0.4 is 11.2 Å². The maximum Gasteiger partial charge on any atom is 0.332 e. The fourth-order valence-corrected chi connectivity index (χ4v) is 1.70. The zero-order valence-electron chi connectivity index (χ0n) is 10.0. The molecule has 2 rings (SSSR count). The molecule has 0 aliphatic heterocycles. The van der Waals surface area contributed by atoms with Gasteiger partial charge in [0.25, 0.3) is 5.56 Å². The summed E-state index contributed by atoms with van der Waals surface area (Å²) < 4.78 is 2.44. The summed E-state index contributed by atoms with van der Waals surface area (Å²) in [6.45, 7) is 1.91. The Bertz CT molecular complexity index is 703. The summed E-state index contributed by atoms with van der Waals surface area (Å²) in [5.74, 6) is 0.677. The first-order valence-corrected chi connectivity index (χ1v) is 5.32. The molecule has 17 heavy (non-hydrogen) atoms. The van der Waals surface area contributed by atoms with E-state index in [0.717, 1.165) is 4.57 Å². The third kappa shape index (κ3) is 1.71. The zero-order valence-corrected chi connectivity index (χ0v) is 10.0. The number of H-pyrrole nitrogens is 1. The number of aryl methyl sites for hydroxylation is 1. The van der Waals surface area contributed by atoms with Gasteiger partial charge in [0, 0.05) is 20.5 Å².